The van der Waals surface area contributed by atoms with E-state index in [0.717, 1.165) is 42.8 Å². The third kappa shape index (κ3) is 8.62. The van der Waals surface area contributed by atoms with Gasteiger partial charge in [0.25, 0.3) is 0 Å². The largest absolute Gasteiger partial charge is 0.491 e. The zero-order valence-corrected chi connectivity index (χ0v) is 22.3. The molecule has 0 amide bonds. The highest BCUT2D eigenvalue weighted by Gasteiger charge is 2.24. The Morgan fingerprint density at radius 3 is 2.03 bits per heavy atom. The molecule has 34 heavy (non-hydrogen) atoms. The fourth-order valence-electron chi connectivity index (χ4n) is 3.84. The zero-order valence-electron chi connectivity index (χ0n) is 20.8. The monoisotopic (exact) mass is 511 g/mol. The van der Waals surface area contributed by atoms with Gasteiger partial charge in [-0.05, 0) is 61.3 Å². The zero-order chi connectivity index (χ0) is 25.1. The number of alkyl halides is 1. The van der Waals surface area contributed by atoms with Crippen LogP contribution in [0.3, 0.4) is 0 Å². The van der Waals surface area contributed by atoms with E-state index < -0.39 is 12.2 Å². The first-order valence-corrected chi connectivity index (χ1v) is 12.9. The number of ether oxygens (including phenoxy) is 2. The van der Waals surface area contributed by atoms with Crippen LogP contribution in [0, 0.1) is 0 Å². The first-order valence-electron chi connectivity index (χ1n) is 12.0. The summed E-state index contributed by atoms with van der Waals surface area (Å²) in [5, 5.41) is 20.5. The van der Waals surface area contributed by atoms with Gasteiger partial charge in [-0.15, -0.1) is 11.6 Å². The molecule has 0 saturated heterocycles. The topological polar surface area (TPSA) is 62.2 Å². The summed E-state index contributed by atoms with van der Waals surface area (Å²) < 4.78 is 11.4. The molecule has 190 valence electrons. The minimum Gasteiger partial charge on any atom is -0.491 e. The molecule has 2 aromatic rings. The van der Waals surface area contributed by atoms with Gasteiger partial charge in [-0.3, -0.25) is 0 Å². The van der Waals surface area contributed by atoms with Crippen LogP contribution in [0.5, 0.6) is 11.5 Å². The van der Waals surface area contributed by atoms with E-state index >= 15 is 0 Å². The molecule has 0 saturated carbocycles. The molecule has 2 aromatic carbocycles. The van der Waals surface area contributed by atoms with Crippen molar-refractivity contribution in [2.75, 3.05) is 38.7 Å². The SMILES string of the molecule is CCCN(CCC)CC(O)COc1ccc(C(C)(C)c2ccc(OCC(O)CCl)c(Cl)c2)cc1. The van der Waals surface area contributed by atoms with Crippen LogP contribution in [0.2, 0.25) is 5.02 Å². The van der Waals surface area contributed by atoms with Crippen LogP contribution in [-0.4, -0.2) is 66.0 Å². The predicted octanol–water partition coefficient (Wildman–Crippen LogP) is 5.51. The van der Waals surface area contributed by atoms with Gasteiger partial charge in [0.1, 0.15) is 36.9 Å². The quantitative estimate of drug-likeness (QED) is 0.309. The van der Waals surface area contributed by atoms with Crippen LogP contribution < -0.4 is 9.47 Å². The van der Waals surface area contributed by atoms with Crippen molar-refractivity contribution in [3.05, 3.63) is 58.6 Å². The molecule has 0 aromatic heterocycles. The van der Waals surface area contributed by atoms with Crippen LogP contribution in [0.15, 0.2) is 42.5 Å². The molecule has 5 nitrogen and oxygen atoms in total. The van der Waals surface area contributed by atoms with Crippen molar-refractivity contribution in [2.24, 2.45) is 0 Å². The lowest BCUT2D eigenvalue weighted by Crippen LogP contribution is -2.36. The first-order chi connectivity index (χ1) is 16.2. The number of halogens is 2. The van der Waals surface area contributed by atoms with Crippen molar-refractivity contribution in [3.63, 3.8) is 0 Å². The second-order valence-electron chi connectivity index (χ2n) is 9.18. The summed E-state index contributed by atoms with van der Waals surface area (Å²) in [7, 11) is 0. The molecule has 0 heterocycles. The summed E-state index contributed by atoms with van der Waals surface area (Å²) in [5.41, 5.74) is 1.86. The Balaban J connectivity index is 1.99. The smallest absolute Gasteiger partial charge is 0.138 e. The van der Waals surface area contributed by atoms with Crippen molar-refractivity contribution in [1.29, 1.82) is 0 Å². The van der Waals surface area contributed by atoms with Gasteiger partial charge in [-0.25, -0.2) is 0 Å². The summed E-state index contributed by atoms with van der Waals surface area (Å²) in [6, 6.07) is 13.6. The van der Waals surface area contributed by atoms with Crippen molar-refractivity contribution in [3.8, 4) is 11.5 Å². The number of nitrogens with zero attached hydrogens (tertiary/aromatic N) is 1. The standard InChI is InChI=1S/C27H39Cl2NO4/c1-5-13-30(14-6-2)17-23(32)19-33-24-10-7-20(8-11-24)27(3,4)21-9-12-26(25(29)15-21)34-18-22(31)16-28/h7-12,15,22-23,31-32H,5-6,13-14,16-19H2,1-4H3. The van der Waals surface area contributed by atoms with Gasteiger partial charge >= 0.3 is 0 Å². The number of rotatable bonds is 15. The maximum absolute atomic E-state index is 10.4. The lowest BCUT2D eigenvalue weighted by Gasteiger charge is -2.27. The number of aliphatic hydroxyl groups excluding tert-OH is 2. The van der Waals surface area contributed by atoms with E-state index in [4.69, 9.17) is 32.7 Å². The molecule has 0 aliphatic carbocycles. The fraction of sp³-hybridized carbons (Fsp3) is 0.556. The third-order valence-corrected chi connectivity index (χ3v) is 6.48. The van der Waals surface area contributed by atoms with E-state index in [1.54, 1.807) is 0 Å². The fourth-order valence-corrected chi connectivity index (χ4v) is 4.17. The minimum absolute atomic E-state index is 0.0946. The van der Waals surface area contributed by atoms with Crippen LogP contribution >= 0.6 is 23.2 Å². The summed E-state index contributed by atoms with van der Waals surface area (Å²) in [6.07, 6.45) is 0.885. The Hall–Kier alpha value is -1.50. The Bertz CT molecular complexity index is 854. The summed E-state index contributed by atoms with van der Waals surface area (Å²) >= 11 is 12.0. The van der Waals surface area contributed by atoms with Crippen LogP contribution in [0.25, 0.3) is 0 Å². The second kappa shape index (κ2) is 14.2. The molecule has 0 fully saturated rings. The second-order valence-corrected chi connectivity index (χ2v) is 9.89. The lowest BCUT2D eigenvalue weighted by molar-refractivity contribution is 0.0681. The Labute approximate surface area is 214 Å². The molecule has 2 rings (SSSR count). The van der Waals surface area contributed by atoms with Gasteiger partial charge in [0.05, 0.1) is 10.9 Å². The highest BCUT2D eigenvalue weighted by Crippen LogP contribution is 2.36. The van der Waals surface area contributed by atoms with Gasteiger partial charge in [0.2, 0.25) is 0 Å². The number of hydrogen-bond acceptors (Lipinski definition) is 5. The Morgan fingerprint density at radius 1 is 0.882 bits per heavy atom. The number of hydrogen-bond donors (Lipinski definition) is 2. The molecular formula is C27H39Cl2NO4. The molecule has 7 heteroatoms. The maximum atomic E-state index is 10.4. The van der Waals surface area contributed by atoms with Crippen molar-refractivity contribution in [2.45, 2.75) is 58.2 Å². The van der Waals surface area contributed by atoms with Gasteiger partial charge in [0.15, 0.2) is 0 Å². The van der Waals surface area contributed by atoms with Crippen molar-refractivity contribution >= 4 is 23.2 Å². The maximum Gasteiger partial charge on any atom is 0.138 e. The highest BCUT2D eigenvalue weighted by atomic mass is 35.5. The molecule has 2 N–H and O–H groups in total. The van der Waals surface area contributed by atoms with Gasteiger partial charge < -0.3 is 24.6 Å². The minimum atomic E-state index is -0.734. The van der Waals surface area contributed by atoms with Gasteiger partial charge in [-0.2, -0.15) is 0 Å². The summed E-state index contributed by atoms with van der Waals surface area (Å²) in [6.45, 7) is 11.5. The van der Waals surface area contributed by atoms with Gasteiger partial charge in [-0.1, -0.05) is 57.5 Å². The first kappa shape index (κ1) is 28.7. The molecule has 0 aliphatic heterocycles. The predicted molar refractivity (Wildman–Crippen MR) is 141 cm³/mol. The molecular weight excluding hydrogens is 473 g/mol. The third-order valence-electron chi connectivity index (χ3n) is 5.83. The van der Waals surface area contributed by atoms with E-state index in [-0.39, 0.29) is 24.5 Å². The Kier molecular flexibility index (Phi) is 12.0. The molecule has 2 atom stereocenters. The van der Waals surface area contributed by atoms with E-state index in [1.165, 1.54) is 0 Å². The summed E-state index contributed by atoms with van der Waals surface area (Å²) in [4.78, 5) is 2.28. The molecule has 0 bridgehead atoms. The lowest BCUT2D eigenvalue weighted by atomic mass is 9.78. The van der Waals surface area contributed by atoms with Crippen molar-refractivity contribution < 1.29 is 19.7 Å². The van der Waals surface area contributed by atoms with E-state index in [2.05, 4.69) is 32.6 Å². The van der Waals surface area contributed by atoms with Crippen LogP contribution in [0.4, 0.5) is 0 Å². The number of aliphatic hydroxyl groups is 2. The normalized spacial score (nSPS) is 13.7. The summed E-state index contributed by atoms with van der Waals surface area (Å²) in [5.74, 6) is 1.36. The molecule has 0 aliphatic rings. The average Bonchev–Trinajstić information content (AvgIpc) is 2.82. The van der Waals surface area contributed by atoms with E-state index in [0.29, 0.717) is 17.3 Å². The van der Waals surface area contributed by atoms with E-state index in [9.17, 15) is 10.2 Å². The highest BCUT2D eigenvalue weighted by molar-refractivity contribution is 6.32. The Morgan fingerprint density at radius 2 is 1.47 bits per heavy atom. The average molecular weight is 513 g/mol. The van der Waals surface area contributed by atoms with Crippen molar-refractivity contribution in [1.82, 2.24) is 4.90 Å². The van der Waals surface area contributed by atoms with Crippen LogP contribution in [0.1, 0.15) is 51.7 Å². The number of benzene rings is 2. The van der Waals surface area contributed by atoms with Gasteiger partial charge in [0, 0.05) is 12.0 Å². The van der Waals surface area contributed by atoms with Crippen LogP contribution in [-0.2, 0) is 5.41 Å². The van der Waals surface area contributed by atoms with E-state index in [1.807, 2.05) is 42.5 Å². The molecule has 0 spiro atoms. The molecule has 0 radical (unpaired) electrons. The molecule has 2 unspecified atom stereocenters.